The molecule has 1 heterocycles. The van der Waals surface area contributed by atoms with Gasteiger partial charge in [0.15, 0.2) is 0 Å². The van der Waals surface area contributed by atoms with E-state index in [4.69, 9.17) is 5.73 Å². The molecule has 0 aliphatic heterocycles. The Kier molecular flexibility index (Phi) is 2.80. The molecule has 0 aromatic carbocycles. The molecule has 0 bridgehead atoms. The Balaban J connectivity index is 2.14. The van der Waals surface area contributed by atoms with E-state index in [2.05, 4.69) is 5.10 Å². The fourth-order valence-corrected chi connectivity index (χ4v) is 2.55. The topological polar surface area (TPSA) is 64.1 Å². The number of aryl methyl sites for hydroxylation is 1. The van der Waals surface area contributed by atoms with Gasteiger partial charge in [0.1, 0.15) is 0 Å². The molecule has 4 nitrogen and oxygen atoms in total. The largest absolute Gasteiger partial charge is 0.392 e. The van der Waals surface area contributed by atoms with Crippen molar-refractivity contribution in [2.75, 3.05) is 6.54 Å². The van der Waals surface area contributed by atoms with Crippen LogP contribution in [0.1, 0.15) is 25.0 Å². The second-order valence-corrected chi connectivity index (χ2v) is 4.63. The van der Waals surface area contributed by atoms with Crippen LogP contribution in [0, 0.1) is 5.41 Å². The normalized spacial score (nSPS) is 31.0. The van der Waals surface area contributed by atoms with Gasteiger partial charge >= 0.3 is 0 Å². The predicted molar refractivity (Wildman–Crippen MR) is 58.3 cm³/mol. The van der Waals surface area contributed by atoms with E-state index < -0.39 is 0 Å². The number of aromatic nitrogens is 2. The molecule has 1 aromatic heterocycles. The summed E-state index contributed by atoms with van der Waals surface area (Å²) in [4.78, 5) is 0. The predicted octanol–water partition coefficient (Wildman–Crippen LogP) is 0.452. The number of rotatable bonds is 3. The van der Waals surface area contributed by atoms with E-state index in [0.717, 1.165) is 31.4 Å². The first-order valence-corrected chi connectivity index (χ1v) is 5.53. The Morgan fingerprint density at radius 1 is 1.73 bits per heavy atom. The first-order valence-electron chi connectivity index (χ1n) is 5.53. The van der Waals surface area contributed by atoms with E-state index in [9.17, 15) is 5.11 Å². The molecule has 0 amide bonds. The maximum atomic E-state index is 9.99. The van der Waals surface area contributed by atoms with Crippen molar-refractivity contribution in [3.8, 4) is 0 Å². The molecule has 1 saturated carbocycles. The minimum atomic E-state index is -0.260. The fourth-order valence-electron chi connectivity index (χ4n) is 2.55. The second kappa shape index (κ2) is 3.94. The van der Waals surface area contributed by atoms with Crippen LogP contribution in [0.4, 0.5) is 0 Å². The molecule has 4 heteroatoms. The highest BCUT2D eigenvalue weighted by molar-refractivity contribution is 5.07. The molecule has 2 unspecified atom stereocenters. The molecule has 84 valence electrons. The van der Waals surface area contributed by atoms with Crippen molar-refractivity contribution >= 4 is 0 Å². The van der Waals surface area contributed by atoms with Gasteiger partial charge in [0, 0.05) is 31.6 Å². The summed E-state index contributed by atoms with van der Waals surface area (Å²) in [6.45, 7) is 0.546. The monoisotopic (exact) mass is 209 g/mol. The summed E-state index contributed by atoms with van der Waals surface area (Å²) in [5.41, 5.74) is 6.72. The van der Waals surface area contributed by atoms with Gasteiger partial charge in [-0.15, -0.1) is 0 Å². The third-order valence-corrected chi connectivity index (χ3v) is 3.57. The number of hydrogen-bond acceptors (Lipinski definition) is 3. The molecule has 0 radical (unpaired) electrons. The summed E-state index contributed by atoms with van der Waals surface area (Å²) in [6, 6.07) is 2.00. The van der Waals surface area contributed by atoms with Gasteiger partial charge < -0.3 is 10.8 Å². The van der Waals surface area contributed by atoms with Gasteiger partial charge in [0.05, 0.1) is 11.8 Å². The van der Waals surface area contributed by atoms with Crippen LogP contribution in [0.2, 0.25) is 0 Å². The van der Waals surface area contributed by atoms with Crippen molar-refractivity contribution in [2.45, 2.75) is 31.8 Å². The summed E-state index contributed by atoms with van der Waals surface area (Å²) < 4.78 is 1.79. The standard InChI is InChI=1S/C11H19N3O/c1-14-6-4-9(13-14)7-11(8-12)5-2-3-10(11)15/h4,6,10,15H,2-3,5,7-8,12H2,1H3. The lowest BCUT2D eigenvalue weighted by atomic mass is 9.80. The molecule has 1 fully saturated rings. The Bertz CT molecular complexity index is 336. The molecule has 15 heavy (non-hydrogen) atoms. The second-order valence-electron chi connectivity index (χ2n) is 4.63. The quantitative estimate of drug-likeness (QED) is 0.760. The number of hydrogen-bond donors (Lipinski definition) is 2. The Morgan fingerprint density at radius 3 is 3.00 bits per heavy atom. The van der Waals surface area contributed by atoms with Crippen molar-refractivity contribution in [3.63, 3.8) is 0 Å². The van der Waals surface area contributed by atoms with E-state index in [1.54, 1.807) is 4.68 Å². The maximum absolute atomic E-state index is 9.99. The molecule has 3 N–H and O–H groups in total. The van der Waals surface area contributed by atoms with Crippen LogP contribution in [-0.2, 0) is 13.5 Å². The summed E-state index contributed by atoms with van der Waals surface area (Å²) in [5, 5.41) is 14.3. The molecular formula is C11H19N3O. The van der Waals surface area contributed by atoms with Gasteiger partial charge in [-0.05, 0) is 18.9 Å². The molecule has 0 saturated heterocycles. The van der Waals surface area contributed by atoms with Crippen molar-refractivity contribution < 1.29 is 5.11 Å². The summed E-state index contributed by atoms with van der Waals surface area (Å²) in [7, 11) is 1.91. The van der Waals surface area contributed by atoms with Gasteiger partial charge in [0.2, 0.25) is 0 Å². The lowest BCUT2D eigenvalue weighted by Gasteiger charge is -2.30. The molecule has 0 spiro atoms. The van der Waals surface area contributed by atoms with Crippen molar-refractivity contribution in [1.82, 2.24) is 9.78 Å². The van der Waals surface area contributed by atoms with E-state index in [0.29, 0.717) is 6.54 Å². The van der Waals surface area contributed by atoms with Crippen molar-refractivity contribution in [1.29, 1.82) is 0 Å². The first kappa shape index (κ1) is 10.6. The summed E-state index contributed by atoms with van der Waals surface area (Å²) >= 11 is 0. The zero-order valence-corrected chi connectivity index (χ0v) is 9.19. The zero-order valence-electron chi connectivity index (χ0n) is 9.19. The van der Waals surface area contributed by atoms with Crippen LogP contribution in [-0.4, -0.2) is 27.5 Å². The van der Waals surface area contributed by atoms with Crippen LogP contribution in [0.3, 0.4) is 0 Å². The number of aliphatic hydroxyl groups is 1. The average Bonchev–Trinajstić information content (AvgIpc) is 2.76. The van der Waals surface area contributed by atoms with E-state index in [1.807, 2.05) is 19.3 Å². The smallest absolute Gasteiger partial charge is 0.0631 e. The zero-order chi connectivity index (χ0) is 10.9. The van der Waals surface area contributed by atoms with Crippen molar-refractivity contribution in [2.24, 2.45) is 18.2 Å². The minimum Gasteiger partial charge on any atom is -0.392 e. The van der Waals surface area contributed by atoms with Gasteiger partial charge in [-0.3, -0.25) is 4.68 Å². The van der Waals surface area contributed by atoms with Crippen LogP contribution in [0.25, 0.3) is 0 Å². The maximum Gasteiger partial charge on any atom is 0.0631 e. The lowest BCUT2D eigenvalue weighted by Crippen LogP contribution is -2.39. The third kappa shape index (κ3) is 1.92. The molecule has 1 aliphatic rings. The molecule has 1 aromatic rings. The Morgan fingerprint density at radius 2 is 2.53 bits per heavy atom. The third-order valence-electron chi connectivity index (χ3n) is 3.57. The highest BCUT2D eigenvalue weighted by Crippen LogP contribution is 2.39. The molecular weight excluding hydrogens is 190 g/mol. The summed E-state index contributed by atoms with van der Waals surface area (Å²) in [6.07, 6.45) is 5.44. The van der Waals surface area contributed by atoms with Crippen LogP contribution in [0.15, 0.2) is 12.3 Å². The molecule has 1 aliphatic carbocycles. The SMILES string of the molecule is Cn1ccc(CC2(CN)CCCC2O)n1. The number of nitrogens with two attached hydrogens (primary N) is 1. The van der Waals surface area contributed by atoms with Gasteiger partial charge in [-0.25, -0.2) is 0 Å². The summed E-state index contributed by atoms with van der Waals surface area (Å²) in [5.74, 6) is 0. The number of aliphatic hydroxyl groups excluding tert-OH is 1. The highest BCUT2D eigenvalue weighted by Gasteiger charge is 2.41. The van der Waals surface area contributed by atoms with Gasteiger partial charge in [-0.2, -0.15) is 5.10 Å². The average molecular weight is 209 g/mol. The first-order chi connectivity index (χ1) is 7.16. The minimum absolute atomic E-state index is 0.131. The van der Waals surface area contributed by atoms with Crippen LogP contribution < -0.4 is 5.73 Å². The van der Waals surface area contributed by atoms with E-state index in [-0.39, 0.29) is 11.5 Å². The van der Waals surface area contributed by atoms with Gasteiger partial charge in [0.25, 0.3) is 0 Å². The number of nitrogens with zero attached hydrogens (tertiary/aromatic N) is 2. The molecule has 2 atom stereocenters. The fraction of sp³-hybridized carbons (Fsp3) is 0.727. The van der Waals surface area contributed by atoms with Crippen LogP contribution in [0.5, 0.6) is 0 Å². The molecule has 2 rings (SSSR count). The van der Waals surface area contributed by atoms with Crippen LogP contribution >= 0.6 is 0 Å². The van der Waals surface area contributed by atoms with Gasteiger partial charge in [-0.1, -0.05) is 6.42 Å². The highest BCUT2D eigenvalue weighted by atomic mass is 16.3. The lowest BCUT2D eigenvalue weighted by molar-refractivity contribution is 0.0580. The van der Waals surface area contributed by atoms with E-state index >= 15 is 0 Å². The van der Waals surface area contributed by atoms with E-state index in [1.165, 1.54) is 0 Å². The Hall–Kier alpha value is -0.870. The van der Waals surface area contributed by atoms with Crippen molar-refractivity contribution in [3.05, 3.63) is 18.0 Å². The Labute approximate surface area is 90.1 Å².